The van der Waals surface area contributed by atoms with Gasteiger partial charge in [0.05, 0.1) is 11.7 Å². The zero-order valence-corrected chi connectivity index (χ0v) is 10.5. The smallest absolute Gasteiger partial charge is 0.291 e. The highest BCUT2D eigenvalue weighted by Gasteiger charge is 1.94. The predicted octanol–water partition coefficient (Wildman–Crippen LogP) is 1.63. The van der Waals surface area contributed by atoms with Gasteiger partial charge >= 0.3 is 0 Å². The fraction of sp³-hybridized carbons (Fsp3) is 0.800. The van der Waals surface area contributed by atoms with Crippen LogP contribution in [0.5, 0.6) is 0 Å². The average Bonchev–Trinajstić information content (AvgIpc) is 2.20. The van der Waals surface area contributed by atoms with Gasteiger partial charge in [-0.05, 0) is 12.8 Å². The Bertz CT molecular complexity index is 234. The summed E-state index contributed by atoms with van der Waals surface area (Å²) in [6.07, 6.45) is 8.22. The molecule has 0 radical (unpaired) electrons. The summed E-state index contributed by atoms with van der Waals surface area (Å²) >= 11 is 0. The largest absolute Gasteiger partial charge is 0.388 e. The molecule has 8 nitrogen and oxygen atoms in total. The third kappa shape index (κ3) is 29.2. The highest BCUT2D eigenvalue weighted by molar-refractivity contribution is 5.76. The van der Waals surface area contributed by atoms with E-state index in [4.69, 9.17) is 37.6 Å². The van der Waals surface area contributed by atoms with Crippen molar-refractivity contribution in [2.45, 2.75) is 51.4 Å². The molecule has 0 atom stereocenters. The van der Waals surface area contributed by atoms with Gasteiger partial charge in [-0.15, -0.1) is 10.1 Å². The van der Waals surface area contributed by atoms with Crippen LogP contribution < -0.4 is 11.5 Å². The fourth-order valence-electron chi connectivity index (χ4n) is 1.34. The maximum atomic E-state index is 8.36. The predicted molar refractivity (Wildman–Crippen MR) is 69.5 cm³/mol. The van der Waals surface area contributed by atoms with Crippen LogP contribution in [0.4, 0.5) is 0 Å². The molecule has 0 fully saturated rings. The van der Waals surface area contributed by atoms with Crippen molar-refractivity contribution in [3.63, 3.8) is 0 Å². The highest BCUT2D eigenvalue weighted by atomic mass is 16.9. The number of rotatable bonds is 9. The Morgan fingerprint density at radius 2 is 1.17 bits per heavy atom. The van der Waals surface area contributed by atoms with Gasteiger partial charge in [0.1, 0.15) is 0 Å². The lowest BCUT2D eigenvalue weighted by Crippen LogP contribution is -2.08. The second-order valence-corrected chi connectivity index (χ2v) is 3.91. The Morgan fingerprint density at radius 3 is 1.39 bits per heavy atom. The summed E-state index contributed by atoms with van der Waals surface area (Å²) in [6.45, 7) is 0. The second-order valence-electron chi connectivity index (χ2n) is 3.91. The van der Waals surface area contributed by atoms with Crippen molar-refractivity contribution >= 4 is 11.7 Å². The first-order chi connectivity index (χ1) is 8.36. The van der Waals surface area contributed by atoms with Crippen molar-refractivity contribution in [3.05, 3.63) is 10.1 Å². The second kappa shape index (κ2) is 13.2. The van der Waals surface area contributed by atoms with Gasteiger partial charge < -0.3 is 16.7 Å². The monoisotopic (exact) mass is 261 g/mol. The number of hydrogen-bond acceptors (Lipinski definition) is 4. The number of hydrogen-bond donors (Lipinski definition) is 5. The van der Waals surface area contributed by atoms with E-state index >= 15 is 0 Å². The van der Waals surface area contributed by atoms with E-state index in [0.29, 0.717) is 11.7 Å². The summed E-state index contributed by atoms with van der Waals surface area (Å²) in [4.78, 5) is 8.36. The minimum Gasteiger partial charge on any atom is -0.388 e. The molecule has 0 unspecified atom stereocenters. The molecule has 0 aliphatic rings. The molecule has 0 aromatic rings. The molecular formula is C10H23N5O3. The normalized spacial score (nSPS) is 9.11. The van der Waals surface area contributed by atoms with Crippen LogP contribution >= 0.6 is 0 Å². The molecule has 7 N–H and O–H groups in total. The van der Waals surface area contributed by atoms with Crippen LogP contribution in [-0.2, 0) is 0 Å². The van der Waals surface area contributed by atoms with Crippen molar-refractivity contribution in [1.82, 2.24) is 0 Å². The van der Waals surface area contributed by atoms with Gasteiger partial charge in [0.15, 0.2) is 0 Å². The number of amidine groups is 2. The number of nitrogens with one attached hydrogen (secondary N) is 2. The van der Waals surface area contributed by atoms with E-state index in [9.17, 15) is 0 Å². The van der Waals surface area contributed by atoms with Gasteiger partial charge in [-0.3, -0.25) is 10.8 Å². The van der Waals surface area contributed by atoms with E-state index < -0.39 is 5.09 Å². The quantitative estimate of drug-likeness (QED) is 0.140. The molecule has 0 spiro atoms. The van der Waals surface area contributed by atoms with Crippen LogP contribution in [0.15, 0.2) is 0 Å². The Morgan fingerprint density at radius 1 is 0.944 bits per heavy atom. The third-order valence-electron chi connectivity index (χ3n) is 2.14. The molecule has 0 amide bonds. The van der Waals surface area contributed by atoms with Crippen LogP contribution in [0.3, 0.4) is 0 Å². The molecule has 0 saturated heterocycles. The van der Waals surface area contributed by atoms with E-state index in [1.54, 1.807) is 0 Å². The summed E-state index contributed by atoms with van der Waals surface area (Å²) in [6, 6.07) is 0. The van der Waals surface area contributed by atoms with Crippen LogP contribution in [0, 0.1) is 20.9 Å². The molecule has 106 valence electrons. The number of nitrogens with two attached hydrogens (primary N) is 2. The Kier molecular flexibility index (Phi) is 13.6. The molecule has 0 aromatic carbocycles. The molecular weight excluding hydrogens is 238 g/mol. The number of nitrogens with zero attached hydrogens (tertiary/aromatic N) is 1. The van der Waals surface area contributed by atoms with Crippen molar-refractivity contribution in [1.29, 1.82) is 10.8 Å². The van der Waals surface area contributed by atoms with Gasteiger partial charge in [-0.25, -0.2) is 0 Å². The minimum atomic E-state index is -1.50. The van der Waals surface area contributed by atoms with Crippen LogP contribution in [0.1, 0.15) is 51.4 Å². The zero-order chi connectivity index (χ0) is 14.4. The lowest BCUT2D eigenvalue weighted by molar-refractivity contribution is -0.742. The molecule has 0 aliphatic carbocycles. The van der Waals surface area contributed by atoms with Gasteiger partial charge in [0.2, 0.25) is 0 Å². The molecule has 0 saturated carbocycles. The molecule has 18 heavy (non-hydrogen) atoms. The minimum absolute atomic E-state index is 0.293. The molecule has 0 aliphatic heterocycles. The molecule has 0 rings (SSSR count). The van der Waals surface area contributed by atoms with Crippen molar-refractivity contribution in [2.75, 3.05) is 0 Å². The fourth-order valence-corrected chi connectivity index (χ4v) is 1.34. The van der Waals surface area contributed by atoms with E-state index in [1.165, 1.54) is 12.8 Å². The maximum absolute atomic E-state index is 8.36. The lowest BCUT2D eigenvalue weighted by Gasteiger charge is -2.01. The topological polar surface area (TPSA) is 163 Å². The maximum Gasteiger partial charge on any atom is 0.291 e. The summed E-state index contributed by atoms with van der Waals surface area (Å²) in [5, 5.41) is 27.7. The highest BCUT2D eigenvalue weighted by Crippen LogP contribution is 2.08. The molecule has 8 heteroatoms. The van der Waals surface area contributed by atoms with E-state index in [1.807, 2.05) is 0 Å². The molecule has 0 bridgehead atoms. The van der Waals surface area contributed by atoms with Crippen molar-refractivity contribution in [3.8, 4) is 0 Å². The Labute approximate surface area is 106 Å². The molecule has 0 heterocycles. The average molecular weight is 261 g/mol. The first-order valence-electron chi connectivity index (χ1n) is 5.85. The van der Waals surface area contributed by atoms with Gasteiger partial charge in [0.25, 0.3) is 5.09 Å². The van der Waals surface area contributed by atoms with Crippen LogP contribution in [0.2, 0.25) is 0 Å². The van der Waals surface area contributed by atoms with Gasteiger partial charge in [-0.1, -0.05) is 25.7 Å². The van der Waals surface area contributed by atoms with Crippen molar-refractivity contribution in [2.24, 2.45) is 11.5 Å². The van der Waals surface area contributed by atoms with E-state index in [2.05, 4.69) is 0 Å². The first kappa shape index (κ1) is 18.5. The SMILES string of the molecule is N=C(N)CCCCCCCCC(=N)N.O=[N+]([O-])O. The lowest BCUT2D eigenvalue weighted by atomic mass is 10.1. The van der Waals surface area contributed by atoms with E-state index in [0.717, 1.165) is 38.5 Å². The summed E-state index contributed by atoms with van der Waals surface area (Å²) < 4.78 is 0. The third-order valence-corrected chi connectivity index (χ3v) is 2.14. The zero-order valence-electron chi connectivity index (χ0n) is 10.5. The van der Waals surface area contributed by atoms with Gasteiger partial charge in [0, 0.05) is 12.8 Å². The Hall–Kier alpha value is -1.86. The van der Waals surface area contributed by atoms with Crippen LogP contribution in [0.25, 0.3) is 0 Å². The summed E-state index contributed by atoms with van der Waals surface area (Å²) in [7, 11) is 0. The van der Waals surface area contributed by atoms with E-state index in [-0.39, 0.29) is 0 Å². The standard InChI is InChI=1S/C10H22N4.HNO3/c11-9(12)7-5-3-1-2-4-6-8-10(13)14;2-1(3)4/h1-8H2,(H3,11,12)(H3,13,14);(H,2,3,4). The first-order valence-corrected chi connectivity index (χ1v) is 5.85. The summed E-state index contributed by atoms with van der Waals surface area (Å²) in [5.41, 5.74) is 10.5. The van der Waals surface area contributed by atoms with Crippen molar-refractivity contribution < 1.29 is 10.3 Å². The van der Waals surface area contributed by atoms with Gasteiger partial charge in [-0.2, -0.15) is 0 Å². The summed E-state index contributed by atoms with van der Waals surface area (Å²) in [5.74, 6) is 0.586. The molecule has 0 aromatic heterocycles. The van der Waals surface area contributed by atoms with Crippen LogP contribution in [-0.4, -0.2) is 22.0 Å². The number of unbranched alkanes of at least 4 members (excludes halogenated alkanes) is 5. The Balaban J connectivity index is 0.